The van der Waals surface area contributed by atoms with Crippen LogP contribution in [-0.2, 0) is 6.18 Å². The zero-order valence-corrected chi connectivity index (χ0v) is 12.4. The van der Waals surface area contributed by atoms with E-state index in [9.17, 15) is 13.2 Å². The van der Waals surface area contributed by atoms with Crippen LogP contribution < -0.4 is 5.32 Å². The van der Waals surface area contributed by atoms with Gasteiger partial charge in [0, 0.05) is 16.5 Å². The molecule has 0 aliphatic carbocycles. The Labute approximate surface area is 130 Å². The zero-order valence-electron chi connectivity index (χ0n) is 11.7. The summed E-state index contributed by atoms with van der Waals surface area (Å²) < 4.78 is 38.5. The van der Waals surface area contributed by atoms with Crippen molar-refractivity contribution < 1.29 is 13.2 Å². The second-order valence-corrected chi connectivity index (χ2v) is 5.81. The third-order valence-corrected chi connectivity index (χ3v) is 4.23. The standard InChI is InChI=1S/C15H15ClF3N3/c16-12-2-1-10(15(17,18)19)7-11(12)13-8-21-14(22-13)9-3-5-20-6-4-9/h1-2,7-9,20H,3-6H2,(H,21,22). The van der Waals surface area contributed by atoms with E-state index in [1.54, 1.807) is 6.20 Å². The summed E-state index contributed by atoms with van der Waals surface area (Å²) >= 11 is 6.05. The zero-order chi connectivity index (χ0) is 15.7. The van der Waals surface area contributed by atoms with Gasteiger partial charge in [0.15, 0.2) is 0 Å². The summed E-state index contributed by atoms with van der Waals surface area (Å²) in [5.41, 5.74) is 0.124. The van der Waals surface area contributed by atoms with Crippen LogP contribution in [0.2, 0.25) is 5.02 Å². The summed E-state index contributed by atoms with van der Waals surface area (Å²) in [5.74, 6) is 1.12. The molecule has 1 fully saturated rings. The summed E-state index contributed by atoms with van der Waals surface area (Å²) in [6, 6.07) is 3.31. The number of hydrogen-bond acceptors (Lipinski definition) is 2. The van der Waals surface area contributed by atoms with Crippen molar-refractivity contribution in [3.8, 4) is 11.3 Å². The molecule has 0 atom stereocenters. The van der Waals surface area contributed by atoms with Gasteiger partial charge in [-0.1, -0.05) is 11.6 Å². The van der Waals surface area contributed by atoms with Gasteiger partial charge in [-0.2, -0.15) is 13.2 Å². The molecule has 1 saturated heterocycles. The van der Waals surface area contributed by atoms with Gasteiger partial charge in [-0.05, 0) is 44.1 Å². The van der Waals surface area contributed by atoms with Gasteiger partial charge < -0.3 is 10.3 Å². The Morgan fingerprint density at radius 2 is 1.91 bits per heavy atom. The highest BCUT2D eigenvalue weighted by atomic mass is 35.5. The number of alkyl halides is 3. The average Bonchev–Trinajstić information content (AvgIpc) is 2.97. The van der Waals surface area contributed by atoms with E-state index in [2.05, 4.69) is 15.3 Å². The molecule has 0 radical (unpaired) electrons. The number of nitrogens with one attached hydrogen (secondary N) is 2. The van der Waals surface area contributed by atoms with E-state index in [0.29, 0.717) is 17.2 Å². The highest BCUT2D eigenvalue weighted by Crippen LogP contribution is 2.36. The Morgan fingerprint density at radius 3 is 2.59 bits per heavy atom. The fraction of sp³-hybridized carbons (Fsp3) is 0.400. The molecule has 2 heterocycles. The van der Waals surface area contributed by atoms with Gasteiger partial charge >= 0.3 is 6.18 Å². The molecule has 118 valence electrons. The Kier molecular flexibility index (Phi) is 4.14. The second-order valence-electron chi connectivity index (χ2n) is 5.40. The number of hydrogen-bond donors (Lipinski definition) is 2. The molecular formula is C15H15ClF3N3. The molecule has 0 saturated carbocycles. The fourth-order valence-corrected chi connectivity index (χ4v) is 2.90. The predicted octanol–water partition coefficient (Wildman–Crippen LogP) is 4.22. The molecule has 22 heavy (non-hydrogen) atoms. The highest BCUT2D eigenvalue weighted by molar-refractivity contribution is 6.33. The smallest absolute Gasteiger partial charge is 0.342 e. The predicted molar refractivity (Wildman–Crippen MR) is 78.9 cm³/mol. The molecule has 3 rings (SSSR count). The lowest BCUT2D eigenvalue weighted by Crippen LogP contribution is -2.27. The van der Waals surface area contributed by atoms with Gasteiger partial charge in [0.1, 0.15) is 5.82 Å². The maximum Gasteiger partial charge on any atom is 0.416 e. The quantitative estimate of drug-likeness (QED) is 0.866. The number of H-pyrrole nitrogens is 1. The monoisotopic (exact) mass is 329 g/mol. The topological polar surface area (TPSA) is 40.7 Å². The van der Waals surface area contributed by atoms with Crippen LogP contribution in [-0.4, -0.2) is 23.1 Å². The van der Waals surface area contributed by atoms with Crippen LogP contribution in [0.5, 0.6) is 0 Å². The van der Waals surface area contributed by atoms with Crippen LogP contribution >= 0.6 is 11.6 Å². The minimum absolute atomic E-state index is 0.272. The third-order valence-electron chi connectivity index (χ3n) is 3.91. The molecule has 1 aromatic heterocycles. The van der Waals surface area contributed by atoms with Crippen molar-refractivity contribution in [3.63, 3.8) is 0 Å². The van der Waals surface area contributed by atoms with Crippen molar-refractivity contribution in [3.05, 3.63) is 40.8 Å². The van der Waals surface area contributed by atoms with E-state index < -0.39 is 11.7 Å². The molecule has 0 unspecified atom stereocenters. The van der Waals surface area contributed by atoms with E-state index in [0.717, 1.165) is 43.9 Å². The summed E-state index contributed by atoms with van der Waals surface area (Å²) in [4.78, 5) is 7.45. The van der Waals surface area contributed by atoms with Crippen LogP contribution in [0.4, 0.5) is 13.2 Å². The van der Waals surface area contributed by atoms with Crippen molar-refractivity contribution in [2.45, 2.75) is 24.9 Å². The van der Waals surface area contributed by atoms with Crippen molar-refractivity contribution in [1.82, 2.24) is 15.3 Å². The van der Waals surface area contributed by atoms with Crippen LogP contribution in [0, 0.1) is 0 Å². The number of benzene rings is 1. The average molecular weight is 330 g/mol. The van der Waals surface area contributed by atoms with E-state index in [-0.39, 0.29) is 5.02 Å². The van der Waals surface area contributed by atoms with Gasteiger partial charge in [-0.3, -0.25) is 0 Å². The first kappa shape index (κ1) is 15.4. The number of piperidine rings is 1. The Morgan fingerprint density at radius 1 is 1.18 bits per heavy atom. The van der Waals surface area contributed by atoms with Crippen molar-refractivity contribution in [1.29, 1.82) is 0 Å². The van der Waals surface area contributed by atoms with E-state index >= 15 is 0 Å². The highest BCUT2D eigenvalue weighted by Gasteiger charge is 2.31. The molecule has 0 spiro atoms. The normalized spacial score (nSPS) is 16.9. The molecule has 3 nitrogen and oxygen atoms in total. The number of rotatable bonds is 2. The minimum Gasteiger partial charge on any atom is -0.342 e. The van der Waals surface area contributed by atoms with Crippen molar-refractivity contribution in [2.75, 3.05) is 13.1 Å². The number of halogens is 4. The number of nitrogens with zero attached hydrogens (tertiary/aromatic N) is 1. The third kappa shape index (κ3) is 3.13. The number of imidazole rings is 1. The summed E-state index contributed by atoms with van der Waals surface area (Å²) in [6.07, 6.45) is -0.914. The van der Waals surface area contributed by atoms with E-state index in [1.165, 1.54) is 6.07 Å². The second kappa shape index (κ2) is 5.93. The summed E-state index contributed by atoms with van der Waals surface area (Å²) in [7, 11) is 0. The maximum absolute atomic E-state index is 12.8. The number of aromatic amines is 1. The lowest BCUT2D eigenvalue weighted by Gasteiger charge is -2.20. The van der Waals surface area contributed by atoms with Gasteiger partial charge in [-0.25, -0.2) is 4.98 Å². The molecule has 0 amide bonds. The molecule has 1 aromatic carbocycles. The SMILES string of the molecule is FC(F)(F)c1ccc(Cl)c(-c2cnc(C3CCNCC3)[nH]2)c1. The van der Waals surface area contributed by atoms with Gasteiger partial charge in [0.2, 0.25) is 0 Å². The Hall–Kier alpha value is -1.53. The van der Waals surface area contributed by atoms with Gasteiger partial charge in [0.25, 0.3) is 0 Å². The Bertz CT molecular complexity index is 660. The molecule has 1 aliphatic rings. The molecule has 7 heteroatoms. The molecule has 2 N–H and O–H groups in total. The molecular weight excluding hydrogens is 315 g/mol. The Balaban J connectivity index is 1.92. The first-order valence-corrected chi connectivity index (χ1v) is 7.45. The van der Waals surface area contributed by atoms with Crippen LogP contribution in [0.1, 0.15) is 30.1 Å². The molecule has 0 bridgehead atoms. The van der Waals surface area contributed by atoms with Crippen LogP contribution in [0.25, 0.3) is 11.3 Å². The lowest BCUT2D eigenvalue weighted by molar-refractivity contribution is -0.137. The number of aromatic nitrogens is 2. The first-order chi connectivity index (χ1) is 10.4. The van der Waals surface area contributed by atoms with Crippen LogP contribution in [0.3, 0.4) is 0 Å². The van der Waals surface area contributed by atoms with Crippen LogP contribution in [0.15, 0.2) is 24.4 Å². The van der Waals surface area contributed by atoms with Crippen molar-refractivity contribution in [2.24, 2.45) is 0 Å². The fourth-order valence-electron chi connectivity index (χ4n) is 2.68. The van der Waals surface area contributed by atoms with E-state index in [4.69, 9.17) is 11.6 Å². The summed E-state index contributed by atoms with van der Waals surface area (Å²) in [5, 5.41) is 3.54. The largest absolute Gasteiger partial charge is 0.416 e. The molecule has 1 aliphatic heterocycles. The van der Waals surface area contributed by atoms with E-state index in [1.807, 2.05) is 0 Å². The first-order valence-electron chi connectivity index (χ1n) is 7.08. The molecule has 2 aromatic rings. The summed E-state index contributed by atoms with van der Waals surface area (Å²) in [6.45, 7) is 1.84. The van der Waals surface area contributed by atoms with Gasteiger partial charge in [-0.15, -0.1) is 0 Å². The van der Waals surface area contributed by atoms with Crippen molar-refractivity contribution >= 4 is 11.6 Å². The minimum atomic E-state index is -4.39. The maximum atomic E-state index is 12.8. The lowest BCUT2D eigenvalue weighted by atomic mass is 9.98. The van der Waals surface area contributed by atoms with Gasteiger partial charge in [0.05, 0.1) is 17.5 Å².